The molecule has 5 aromatic carbocycles. The largest absolute Gasteiger partial charge is 0.508 e. The van der Waals surface area contributed by atoms with Crippen LogP contribution < -0.4 is 4.90 Å². The number of aromatic hydroxyl groups is 1. The second-order valence-corrected chi connectivity index (χ2v) is 12.9. The lowest BCUT2D eigenvalue weighted by Crippen LogP contribution is -2.47. The molecule has 9 nitrogen and oxygen atoms in total. The molecule has 2 aliphatic rings. The summed E-state index contributed by atoms with van der Waals surface area (Å²) in [5, 5.41) is 49.9. The Morgan fingerprint density at radius 2 is 1.41 bits per heavy atom. The first kappa shape index (κ1) is 40.1. The predicted octanol–water partition coefficient (Wildman–Crippen LogP) is 8.26. The van der Waals surface area contributed by atoms with Gasteiger partial charge in [0.25, 0.3) is 0 Å². The summed E-state index contributed by atoms with van der Waals surface area (Å²) in [7, 11) is 0. The number of benzene rings is 5. The molecule has 1 amide bonds. The Balaban J connectivity index is 0.000000369. The van der Waals surface area contributed by atoms with E-state index in [4.69, 9.17) is 9.47 Å². The summed E-state index contributed by atoms with van der Waals surface area (Å²) in [6.07, 6.45) is -3.46. The SMILES string of the molecule is CC.CCC(O)c1ccc(F)cc1.O=C1OCC(c2ccc(-c3ccc(C4CC(O)[C@H](O)C(CO)O4)cc3)cc2O)N1c1ccc(-c2ccccc2)cc1. The van der Waals surface area contributed by atoms with Crippen molar-refractivity contribution >= 4 is 11.8 Å². The number of hydrogen-bond acceptors (Lipinski definition) is 8. The Labute approximate surface area is 315 Å². The molecule has 0 aromatic heterocycles. The van der Waals surface area contributed by atoms with Gasteiger partial charge in [-0.2, -0.15) is 0 Å². The molecule has 0 spiro atoms. The maximum atomic E-state index is 12.7. The van der Waals surface area contributed by atoms with Gasteiger partial charge in [0.15, 0.2) is 0 Å². The van der Waals surface area contributed by atoms with Crippen LogP contribution in [-0.4, -0.2) is 63.2 Å². The number of anilines is 1. The van der Waals surface area contributed by atoms with Crippen LogP contribution in [0.25, 0.3) is 22.3 Å². The Hall–Kier alpha value is -5.10. The van der Waals surface area contributed by atoms with E-state index in [0.717, 1.165) is 33.4 Å². The van der Waals surface area contributed by atoms with E-state index in [1.807, 2.05) is 112 Å². The first-order valence-electron chi connectivity index (χ1n) is 18.3. The fraction of sp³-hybridized carbons (Fsp3) is 0.295. The van der Waals surface area contributed by atoms with Gasteiger partial charge in [-0.3, -0.25) is 4.90 Å². The highest BCUT2D eigenvalue weighted by molar-refractivity contribution is 5.91. The van der Waals surface area contributed by atoms with Crippen LogP contribution in [0.5, 0.6) is 5.75 Å². The molecular weight excluding hydrogens is 689 g/mol. The van der Waals surface area contributed by atoms with E-state index >= 15 is 0 Å². The molecule has 2 heterocycles. The Morgan fingerprint density at radius 1 is 0.815 bits per heavy atom. The fourth-order valence-corrected chi connectivity index (χ4v) is 6.52. The van der Waals surface area contributed by atoms with Crippen molar-refractivity contribution in [3.63, 3.8) is 0 Å². The van der Waals surface area contributed by atoms with Crippen LogP contribution >= 0.6 is 0 Å². The molecule has 2 fully saturated rings. The van der Waals surface area contributed by atoms with Gasteiger partial charge in [-0.25, -0.2) is 9.18 Å². The van der Waals surface area contributed by atoms with Crippen molar-refractivity contribution in [2.24, 2.45) is 0 Å². The molecule has 7 rings (SSSR count). The molecule has 284 valence electrons. The minimum absolute atomic E-state index is 0.0549. The average Bonchev–Trinajstić information content (AvgIpc) is 3.60. The number of cyclic esters (lactones) is 1. The lowest BCUT2D eigenvalue weighted by molar-refractivity contribution is -0.181. The third-order valence-corrected chi connectivity index (χ3v) is 9.52. The maximum Gasteiger partial charge on any atom is 0.415 e. The van der Waals surface area contributed by atoms with Gasteiger partial charge in [-0.15, -0.1) is 0 Å². The summed E-state index contributed by atoms with van der Waals surface area (Å²) in [5.74, 6) is -0.212. The van der Waals surface area contributed by atoms with Gasteiger partial charge in [-0.1, -0.05) is 112 Å². The molecular formula is C44H48FNO8. The molecule has 5 N–H and O–H groups in total. The summed E-state index contributed by atoms with van der Waals surface area (Å²) in [4.78, 5) is 14.3. The van der Waals surface area contributed by atoms with Crippen molar-refractivity contribution in [2.75, 3.05) is 18.1 Å². The molecule has 5 unspecified atom stereocenters. The number of halogens is 1. The van der Waals surface area contributed by atoms with Crippen LogP contribution in [0.15, 0.2) is 121 Å². The number of phenolic OH excluding ortho intramolecular Hbond substituents is 1. The Bertz CT molecular complexity index is 1920. The number of hydrogen-bond donors (Lipinski definition) is 5. The van der Waals surface area contributed by atoms with Crippen molar-refractivity contribution in [1.29, 1.82) is 0 Å². The third kappa shape index (κ3) is 9.33. The van der Waals surface area contributed by atoms with E-state index in [1.165, 1.54) is 12.1 Å². The lowest BCUT2D eigenvalue weighted by Gasteiger charge is -2.36. The molecule has 2 aliphatic heterocycles. The number of ether oxygens (including phenoxy) is 2. The zero-order valence-electron chi connectivity index (χ0n) is 30.6. The normalized spacial score (nSPS) is 21.2. The molecule has 2 saturated heterocycles. The van der Waals surface area contributed by atoms with Gasteiger partial charge in [-0.05, 0) is 70.1 Å². The number of phenols is 1. The van der Waals surface area contributed by atoms with E-state index in [0.29, 0.717) is 17.7 Å². The number of carbonyl (C=O) groups is 1. The molecule has 0 radical (unpaired) electrons. The number of rotatable bonds is 8. The topological polar surface area (TPSA) is 140 Å². The van der Waals surface area contributed by atoms with Crippen LogP contribution in [-0.2, 0) is 9.47 Å². The van der Waals surface area contributed by atoms with Crippen molar-refractivity contribution < 1.29 is 44.2 Å². The monoisotopic (exact) mass is 737 g/mol. The zero-order chi connectivity index (χ0) is 38.8. The molecule has 0 saturated carbocycles. The first-order valence-corrected chi connectivity index (χ1v) is 18.3. The standard InChI is InChI=1S/C33H31NO7.C9H11FO.C2H6/c35-18-31-32(38)29(37)17-30(41-31)23-8-6-22(7-9-23)24-12-15-26(28(36)16-24)27-19-40-33(39)34(27)25-13-10-21(11-14-25)20-4-2-1-3-5-20;1-2-9(11)7-3-5-8(10)6-4-7;1-2/h1-16,27,29-32,35-38H,17-19H2;3-6,9,11H,2H2,1H3;1-2H3/t27?,29?,30?,31?,32-;;/m0../s1. The lowest BCUT2D eigenvalue weighted by atomic mass is 9.92. The minimum Gasteiger partial charge on any atom is -0.508 e. The molecule has 6 atom stereocenters. The van der Waals surface area contributed by atoms with E-state index in [9.17, 15) is 34.7 Å². The fourth-order valence-electron chi connectivity index (χ4n) is 6.52. The first-order chi connectivity index (χ1) is 26.2. The van der Waals surface area contributed by atoms with Gasteiger partial charge in [0.2, 0.25) is 0 Å². The van der Waals surface area contributed by atoms with E-state index in [1.54, 1.807) is 23.1 Å². The predicted molar refractivity (Wildman–Crippen MR) is 206 cm³/mol. The molecule has 10 heteroatoms. The number of carbonyl (C=O) groups excluding carboxylic acids is 1. The van der Waals surface area contributed by atoms with Crippen molar-refractivity contribution in [1.82, 2.24) is 0 Å². The van der Waals surface area contributed by atoms with E-state index < -0.39 is 42.7 Å². The van der Waals surface area contributed by atoms with Gasteiger partial charge in [0.1, 0.15) is 36.4 Å². The van der Waals surface area contributed by atoms with Crippen LogP contribution in [0.3, 0.4) is 0 Å². The highest BCUT2D eigenvalue weighted by atomic mass is 19.1. The summed E-state index contributed by atoms with van der Waals surface area (Å²) in [6.45, 7) is 5.62. The summed E-state index contributed by atoms with van der Waals surface area (Å²) in [5.41, 5.74) is 6.62. The number of aliphatic hydroxyl groups excluding tert-OH is 4. The average molecular weight is 738 g/mol. The van der Waals surface area contributed by atoms with Crippen LogP contribution in [0.2, 0.25) is 0 Å². The van der Waals surface area contributed by atoms with Gasteiger partial charge < -0.3 is 35.0 Å². The van der Waals surface area contributed by atoms with Gasteiger partial charge in [0.05, 0.1) is 24.9 Å². The second-order valence-electron chi connectivity index (χ2n) is 12.9. The van der Waals surface area contributed by atoms with Gasteiger partial charge >= 0.3 is 6.09 Å². The van der Waals surface area contributed by atoms with E-state index in [-0.39, 0.29) is 31.2 Å². The van der Waals surface area contributed by atoms with Crippen molar-refractivity contribution in [3.8, 4) is 28.0 Å². The molecule has 54 heavy (non-hydrogen) atoms. The van der Waals surface area contributed by atoms with Crippen LogP contribution in [0, 0.1) is 5.82 Å². The maximum absolute atomic E-state index is 12.7. The van der Waals surface area contributed by atoms with Crippen molar-refractivity contribution in [2.45, 2.75) is 70.2 Å². The van der Waals surface area contributed by atoms with Crippen molar-refractivity contribution in [3.05, 3.63) is 144 Å². The number of amides is 1. The summed E-state index contributed by atoms with van der Waals surface area (Å²) < 4.78 is 23.5. The third-order valence-electron chi connectivity index (χ3n) is 9.52. The number of nitrogens with zero attached hydrogens (tertiary/aromatic N) is 1. The molecule has 0 aliphatic carbocycles. The molecule has 0 bridgehead atoms. The number of aliphatic hydroxyl groups is 4. The quantitative estimate of drug-likeness (QED) is 0.107. The van der Waals surface area contributed by atoms with Crippen LogP contribution in [0.4, 0.5) is 14.9 Å². The minimum atomic E-state index is -1.12. The highest BCUT2D eigenvalue weighted by Crippen LogP contribution is 2.40. The zero-order valence-corrected chi connectivity index (χ0v) is 30.6. The van der Waals surface area contributed by atoms with Crippen LogP contribution in [0.1, 0.15) is 68.6 Å². The van der Waals surface area contributed by atoms with E-state index in [2.05, 4.69) is 0 Å². The smallest absolute Gasteiger partial charge is 0.415 e. The Kier molecular flexibility index (Phi) is 13.9. The summed E-state index contributed by atoms with van der Waals surface area (Å²) in [6, 6.07) is 36.0. The summed E-state index contributed by atoms with van der Waals surface area (Å²) >= 11 is 0. The van der Waals surface area contributed by atoms with Gasteiger partial charge in [0, 0.05) is 17.7 Å². The second kappa shape index (κ2) is 18.8. The Morgan fingerprint density at radius 3 is 2.02 bits per heavy atom. The molecule has 5 aromatic rings. The highest BCUT2D eigenvalue weighted by Gasteiger charge is 2.38.